The van der Waals surface area contributed by atoms with Gasteiger partial charge in [0.2, 0.25) is 0 Å². The lowest BCUT2D eigenvalue weighted by Gasteiger charge is -1.76. The molecule has 0 saturated carbocycles. The maximum absolute atomic E-state index is 7.23. The van der Waals surface area contributed by atoms with Gasteiger partial charge in [-0.05, 0) is 10.8 Å². The average molecular weight is 166 g/mol. The minimum Gasteiger partial charge on any atom is -0.328 e. The molecule has 0 aliphatic heterocycles. The first kappa shape index (κ1) is 9.01. The van der Waals surface area contributed by atoms with Gasteiger partial charge in [-0.15, -0.1) is 0 Å². The second-order valence-electron chi connectivity index (χ2n) is 1.06. The summed E-state index contributed by atoms with van der Waals surface area (Å²) >= 11 is 1.71. The lowest BCUT2D eigenvalue weighted by molar-refractivity contribution is 0.368. The molecule has 1 aromatic heterocycles. The number of hydrogen-bond donors (Lipinski definition) is 3. The van der Waals surface area contributed by atoms with Crippen LogP contribution in [0.2, 0.25) is 0 Å². The predicted octanol–water partition coefficient (Wildman–Crippen LogP) is 0.938. The van der Waals surface area contributed by atoms with E-state index in [2.05, 4.69) is 0 Å². The molecule has 52 valence electrons. The zero-order valence-electron chi connectivity index (χ0n) is 4.51. The maximum atomic E-state index is 7.23. The van der Waals surface area contributed by atoms with E-state index in [0.29, 0.717) is 0 Å². The average Bonchev–Trinajstić information content (AvgIpc) is 2.11. The summed E-state index contributed by atoms with van der Waals surface area (Å²) in [7, 11) is -2.62. The van der Waals surface area contributed by atoms with Crippen LogP contribution in [0, 0.1) is 0 Å². The van der Waals surface area contributed by atoms with Gasteiger partial charge < -0.3 is 14.7 Å². The van der Waals surface area contributed by atoms with Crippen LogP contribution in [0.3, 0.4) is 0 Å². The zero-order valence-corrected chi connectivity index (χ0v) is 6.22. The Morgan fingerprint density at radius 3 is 1.44 bits per heavy atom. The number of thiophene rings is 1. The van der Waals surface area contributed by atoms with Gasteiger partial charge >= 0.3 is 8.60 Å². The summed E-state index contributed by atoms with van der Waals surface area (Å²) in [4.78, 5) is 21.7. The Balaban J connectivity index is 0.000000148. The monoisotopic (exact) mass is 166 g/mol. The summed E-state index contributed by atoms with van der Waals surface area (Å²) in [5.74, 6) is 0. The third-order valence-electron chi connectivity index (χ3n) is 0.425. The van der Waals surface area contributed by atoms with Gasteiger partial charge in [-0.25, -0.2) is 0 Å². The highest BCUT2D eigenvalue weighted by Gasteiger charge is 1.76. The van der Waals surface area contributed by atoms with Crippen LogP contribution in [0.4, 0.5) is 0 Å². The summed E-state index contributed by atoms with van der Waals surface area (Å²) in [6, 6.07) is 4.04. The maximum Gasteiger partial charge on any atom is 0.324 e. The normalized spacial score (nSPS) is 8.44. The molecule has 0 spiro atoms. The molecule has 0 saturated heterocycles. The Hall–Kier alpha value is 0.0100. The molecule has 0 unspecified atom stereocenters. The SMILES string of the molecule is OP(O)O.c1ccsc1. The molecule has 0 aliphatic carbocycles. The van der Waals surface area contributed by atoms with Crippen molar-refractivity contribution in [3.63, 3.8) is 0 Å². The minimum atomic E-state index is -2.62. The molecule has 0 atom stereocenters. The Morgan fingerprint density at radius 1 is 1.00 bits per heavy atom. The van der Waals surface area contributed by atoms with Crippen LogP contribution in [-0.4, -0.2) is 14.7 Å². The molecule has 0 radical (unpaired) electrons. The molecule has 3 N–H and O–H groups in total. The fourth-order valence-electron chi connectivity index (χ4n) is 0.227. The number of hydrogen-bond acceptors (Lipinski definition) is 4. The minimum absolute atomic E-state index is 1.71. The predicted molar refractivity (Wildman–Crippen MR) is 37.9 cm³/mol. The smallest absolute Gasteiger partial charge is 0.324 e. The highest BCUT2D eigenvalue weighted by molar-refractivity contribution is 7.38. The Morgan fingerprint density at radius 2 is 1.33 bits per heavy atom. The molecule has 0 bridgehead atoms. The summed E-state index contributed by atoms with van der Waals surface area (Å²) in [6.07, 6.45) is 0. The van der Waals surface area contributed by atoms with E-state index < -0.39 is 8.60 Å². The standard InChI is InChI=1S/C4H4S.H3O3P/c1-2-4-5-3-1;1-4(2)3/h1-4H;1-3H. The summed E-state index contributed by atoms with van der Waals surface area (Å²) in [5, 5.41) is 4.08. The lowest BCUT2D eigenvalue weighted by Crippen LogP contribution is -1.54. The van der Waals surface area contributed by atoms with E-state index in [1.54, 1.807) is 11.3 Å². The van der Waals surface area contributed by atoms with Crippen molar-refractivity contribution in [3.05, 3.63) is 22.9 Å². The van der Waals surface area contributed by atoms with Gasteiger partial charge in [0, 0.05) is 0 Å². The lowest BCUT2D eigenvalue weighted by atomic mass is 10.7. The summed E-state index contributed by atoms with van der Waals surface area (Å²) < 4.78 is 0. The first-order chi connectivity index (χ1) is 4.23. The van der Waals surface area contributed by atoms with Gasteiger partial charge in [-0.1, -0.05) is 12.1 Å². The largest absolute Gasteiger partial charge is 0.328 e. The fraction of sp³-hybridized carbons (Fsp3) is 0. The van der Waals surface area contributed by atoms with Crippen LogP contribution in [0.5, 0.6) is 0 Å². The van der Waals surface area contributed by atoms with Crippen LogP contribution in [0.15, 0.2) is 22.9 Å². The molecule has 1 aromatic rings. The summed E-state index contributed by atoms with van der Waals surface area (Å²) in [6.45, 7) is 0. The van der Waals surface area contributed by atoms with E-state index in [9.17, 15) is 0 Å². The topological polar surface area (TPSA) is 60.7 Å². The molecule has 9 heavy (non-hydrogen) atoms. The van der Waals surface area contributed by atoms with Gasteiger partial charge in [0.25, 0.3) is 0 Å². The van der Waals surface area contributed by atoms with Crippen LogP contribution in [0.25, 0.3) is 0 Å². The molecule has 1 heterocycles. The molecular formula is C4H7O3PS. The van der Waals surface area contributed by atoms with Gasteiger partial charge in [-0.2, -0.15) is 11.3 Å². The van der Waals surface area contributed by atoms with Crippen LogP contribution >= 0.6 is 19.9 Å². The van der Waals surface area contributed by atoms with E-state index in [1.807, 2.05) is 22.9 Å². The van der Waals surface area contributed by atoms with Gasteiger partial charge in [0.15, 0.2) is 0 Å². The Bertz CT molecular complexity index is 99.4. The van der Waals surface area contributed by atoms with Crippen LogP contribution < -0.4 is 0 Å². The third-order valence-corrected chi connectivity index (χ3v) is 1.05. The van der Waals surface area contributed by atoms with E-state index in [-0.39, 0.29) is 0 Å². The van der Waals surface area contributed by atoms with Crippen molar-refractivity contribution in [2.45, 2.75) is 0 Å². The highest BCUT2D eigenvalue weighted by Crippen LogP contribution is 2.11. The number of rotatable bonds is 0. The van der Waals surface area contributed by atoms with Crippen molar-refractivity contribution in [3.8, 4) is 0 Å². The molecule has 0 aromatic carbocycles. The Kier molecular flexibility index (Phi) is 6.14. The van der Waals surface area contributed by atoms with Crippen molar-refractivity contribution in [1.29, 1.82) is 0 Å². The zero-order chi connectivity index (χ0) is 7.11. The second-order valence-corrected chi connectivity index (χ2v) is 2.41. The molecule has 1 rings (SSSR count). The second kappa shape index (κ2) is 6.13. The fourth-order valence-corrected chi connectivity index (χ4v) is 0.680. The first-order valence-electron chi connectivity index (χ1n) is 2.07. The molecule has 3 nitrogen and oxygen atoms in total. The summed E-state index contributed by atoms with van der Waals surface area (Å²) in [5.41, 5.74) is 0. The van der Waals surface area contributed by atoms with Gasteiger partial charge in [0.1, 0.15) is 0 Å². The van der Waals surface area contributed by atoms with E-state index in [1.165, 1.54) is 0 Å². The van der Waals surface area contributed by atoms with Crippen LogP contribution in [-0.2, 0) is 0 Å². The molecular weight excluding hydrogens is 159 g/mol. The molecule has 0 fully saturated rings. The van der Waals surface area contributed by atoms with Crippen molar-refractivity contribution in [2.24, 2.45) is 0 Å². The van der Waals surface area contributed by atoms with E-state index in [0.717, 1.165) is 0 Å². The van der Waals surface area contributed by atoms with Crippen molar-refractivity contribution in [1.82, 2.24) is 0 Å². The molecule has 0 amide bonds. The Labute approximate surface area is 58.2 Å². The van der Waals surface area contributed by atoms with E-state index in [4.69, 9.17) is 14.7 Å². The first-order valence-corrected chi connectivity index (χ1v) is 4.21. The molecule has 0 aliphatic rings. The molecule has 5 heteroatoms. The van der Waals surface area contributed by atoms with Crippen molar-refractivity contribution < 1.29 is 14.7 Å². The van der Waals surface area contributed by atoms with Crippen molar-refractivity contribution in [2.75, 3.05) is 0 Å². The van der Waals surface area contributed by atoms with Crippen molar-refractivity contribution >= 4 is 19.9 Å². The quantitative estimate of drug-likeness (QED) is 0.502. The van der Waals surface area contributed by atoms with Gasteiger partial charge in [0.05, 0.1) is 0 Å². The van der Waals surface area contributed by atoms with Crippen LogP contribution in [0.1, 0.15) is 0 Å². The highest BCUT2D eigenvalue weighted by atomic mass is 32.1. The van der Waals surface area contributed by atoms with Gasteiger partial charge in [-0.3, -0.25) is 0 Å². The van der Waals surface area contributed by atoms with E-state index >= 15 is 0 Å². The third kappa shape index (κ3) is 11.5.